The molecule has 2 aromatic carbocycles. The average molecular weight is 273 g/mol. The highest BCUT2D eigenvalue weighted by atomic mass is 14.4. The van der Waals surface area contributed by atoms with E-state index in [9.17, 15) is 5.26 Å². The zero-order chi connectivity index (χ0) is 14.9. The number of allylic oxidation sites excluding steroid dienone is 1. The first-order valence-corrected chi connectivity index (χ1v) is 7.40. The molecule has 0 aliphatic heterocycles. The molecule has 2 aromatic rings. The number of rotatable bonds is 2. The molecule has 0 heterocycles. The van der Waals surface area contributed by atoms with Gasteiger partial charge < -0.3 is 0 Å². The van der Waals surface area contributed by atoms with Crippen molar-refractivity contribution in [3.8, 4) is 6.07 Å². The van der Waals surface area contributed by atoms with Gasteiger partial charge >= 0.3 is 0 Å². The van der Waals surface area contributed by atoms with Crippen LogP contribution in [0.5, 0.6) is 0 Å². The molecule has 1 aliphatic carbocycles. The minimum atomic E-state index is -0.602. The summed E-state index contributed by atoms with van der Waals surface area (Å²) in [5.74, 6) is 0. The highest BCUT2D eigenvalue weighted by Gasteiger charge is 2.39. The maximum absolute atomic E-state index is 10.1. The predicted molar refractivity (Wildman–Crippen MR) is 86.1 cm³/mol. The molecular formula is C20H19N. The van der Waals surface area contributed by atoms with E-state index < -0.39 is 5.41 Å². The van der Waals surface area contributed by atoms with E-state index in [1.54, 1.807) is 0 Å². The van der Waals surface area contributed by atoms with Gasteiger partial charge in [-0.1, -0.05) is 54.1 Å². The number of hydrogen-bond acceptors (Lipinski definition) is 1. The monoisotopic (exact) mass is 273 g/mol. The van der Waals surface area contributed by atoms with Crippen molar-refractivity contribution in [1.82, 2.24) is 0 Å². The number of hydrogen-bond donors (Lipinski definition) is 0. The van der Waals surface area contributed by atoms with Crippen molar-refractivity contribution in [3.63, 3.8) is 0 Å². The SMILES string of the molecule is C=C(C)CC1(C#N)c2ccccc2CCc2ccccc21. The van der Waals surface area contributed by atoms with Gasteiger partial charge in [-0.3, -0.25) is 0 Å². The smallest absolute Gasteiger partial charge is 0.111 e. The summed E-state index contributed by atoms with van der Waals surface area (Å²) in [5.41, 5.74) is 5.33. The fourth-order valence-corrected chi connectivity index (χ4v) is 3.53. The Morgan fingerprint density at radius 3 is 1.95 bits per heavy atom. The first-order valence-electron chi connectivity index (χ1n) is 7.40. The summed E-state index contributed by atoms with van der Waals surface area (Å²) in [4.78, 5) is 0. The van der Waals surface area contributed by atoms with Gasteiger partial charge in [-0.15, -0.1) is 6.58 Å². The van der Waals surface area contributed by atoms with Gasteiger partial charge in [0, 0.05) is 0 Å². The molecule has 0 fully saturated rings. The van der Waals surface area contributed by atoms with Crippen molar-refractivity contribution in [2.45, 2.75) is 31.6 Å². The first-order chi connectivity index (χ1) is 10.2. The van der Waals surface area contributed by atoms with Crippen molar-refractivity contribution in [2.24, 2.45) is 0 Å². The Labute approximate surface area is 126 Å². The summed E-state index contributed by atoms with van der Waals surface area (Å²) in [6, 6.07) is 19.4. The second-order valence-corrected chi connectivity index (χ2v) is 5.97. The number of benzene rings is 2. The van der Waals surface area contributed by atoms with Gasteiger partial charge in [0.05, 0.1) is 6.07 Å². The minimum absolute atomic E-state index is 0.602. The van der Waals surface area contributed by atoms with Crippen LogP contribution in [0.3, 0.4) is 0 Å². The maximum atomic E-state index is 10.1. The largest absolute Gasteiger partial charge is 0.197 e. The third-order valence-corrected chi connectivity index (χ3v) is 4.38. The fraction of sp³-hybridized carbons (Fsp3) is 0.250. The molecule has 0 saturated carbocycles. The second-order valence-electron chi connectivity index (χ2n) is 5.97. The van der Waals surface area contributed by atoms with Crippen molar-refractivity contribution >= 4 is 0 Å². The van der Waals surface area contributed by atoms with Gasteiger partial charge in [0.1, 0.15) is 5.41 Å². The van der Waals surface area contributed by atoms with Crippen molar-refractivity contribution in [3.05, 3.63) is 82.9 Å². The Morgan fingerprint density at radius 1 is 1.05 bits per heavy atom. The van der Waals surface area contributed by atoms with Crippen molar-refractivity contribution in [2.75, 3.05) is 0 Å². The number of aryl methyl sites for hydroxylation is 2. The van der Waals surface area contributed by atoms with Gasteiger partial charge in [0.25, 0.3) is 0 Å². The van der Waals surface area contributed by atoms with Crippen LogP contribution in [-0.2, 0) is 18.3 Å². The average Bonchev–Trinajstić information content (AvgIpc) is 2.63. The fourth-order valence-electron chi connectivity index (χ4n) is 3.53. The van der Waals surface area contributed by atoms with Crippen LogP contribution < -0.4 is 0 Å². The summed E-state index contributed by atoms with van der Waals surface area (Å²) in [7, 11) is 0. The van der Waals surface area contributed by atoms with Gasteiger partial charge in [-0.25, -0.2) is 0 Å². The van der Waals surface area contributed by atoms with E-state index in [1.807, 2.05) is 19.1 Å². The lowest BCUT2D eigenvalue weighted by molar-refractivity contribution is 0.645. The summed E-state index contributed by atoms with van der Waals surface area (Å²) >= 11 is 0. The molecule has 1 heteroatoms. The molecule has 0 unspecified atom stereocenters. The van der Waals surface area contributed by atoms with Crippen LogP contribution in [0.4, 0.5) is 0 Å². The predicted octanol–water partition coefficient (Wildman–Crippen LogP) is 4.56. The van der Waals surface area contributed by atoms with Gasteiger partial charge in [0.2, 0.25) is 0 Å². The number of nitrogens with zero attached hydrogens (tertiary/aromatic N) is 1. The topological polar surface area (TPSA) is 23.8 Å². The Kier molecular flexibility index (Phi) is 3.39. The van der Waals surface area contributed by atoms with Crippen LogP contribution in [0.1, 0.15) is 35.6 Å². The summed E-state index contributed by atoms with van der Waals surface area (Å²) in [5, 5.41) is 10.1. The standard InChI is InChI=1S/C20H19N/c1-15(2)13-20(14-21)18-9-5-3-7-16(18)11-12-17-8-4-6-10-19(17)20/h3-10H,1,11-13H2,2H3. The van der Waals surface area contributed by atoms with E-state index >= 15 is 0 Å². The lowest BCUT2D eigenvalue weighted by atomic mass is 9.70. The van der Waals surface area contributed by atoms with Crippen molar-refractivity contribution < 1.29 is 0 Å². The number of fused-ring (bicyclic) bond motifs is 2. The van der Waals surface area contributed by atoms with Crippen molar-refractivity contribution in [1.29, 1.82) is 5.26 Å². The van der Waals surface area contributed by atoms with Crippen LogP contribution in [0, 0.1) is 11.3 Å². The quantitative estimate of drug-likeness (QED) is 0.736. The van der Waals surface area contributed by atoms with Crippen LogP contribution in [-0.4, -0.2) is 0 Å². The van der Waals surface area contributed by atoms with E-state index in [4.69, 9.17) is 0 Å². The summed E-state index contributed by atoms with van der Waals surface area (Å²) in [6.07, 6.45) is 2.66. The van der Waals surface area contributed by atoms with E-state index in [1.165, 1.54) is 11.1 Å². The highest BCUT2D eigenvalue weighted by molar-refractivity contribution is 5.55. The first kappa shape index (κ1) is 13.6. The molecule has 0 N–H and O–H groups in total. The van der Waals surface area contributed by atoms with E-state index in [2.05, 4.69) is 49.0 Å². The Balaban J connectivity index is 2.34. The lowest BCUT2D eigenvalue weighted by Crippen LogP contribution is -2.27. The zero-order valence-corrected chi connectivity index (χ0v) is 12.4. The van der Waals surface area contributed by atoms with Gasteiger partial charge in [0.15, 0.2) is 0 Å². The molecule has 0 aromatic heterocycles. The molecule has 1 aliphatic rings. The molecule has 0 spiro atoms. The Bertz CT molecular complexity index is 686. The minimum Gasteiger partial charge on any atom is -0.197 e. The molecule has 1 nitrogen and oxygen atoms in total. The molecule has 0 radical (unpaired) electrons. The van der Waals surface area contributed by atoms with Crippen LogP contribution >= 0.6 is 0 Å². The Morgan fingerprint density at radius 2 is 1.52 bits per heavy atom. The van der Waals surface area contributed by atoms with Crippen LogP contribution in [0.25, 0.3) is 0 Å². The number of nitriles is 1. The summed E-state index contributed by atoms with van der Waals surface area (Å²) in [6.45, 7) is 6.08. The second kappa shape index (κ2) is 5.22. The van der Waals surface area contributed by atoms with E-state index in [0.717, 1.165) is 29.5 Å². The van der Waals surface area contributed by atoms with E-state index in [-0.39, 0.29) is 0 Å². The Hall–Kier alpha value is -2.33. The lowest BCUT2D eigenvalue weighted by Gasteiger charge is -2.30. The van der Waals surface area contributed by atoms with Crippen LogP contribution in [0.15, 0.2) is 60.7 Å². The molecule has 104 valence electrons. The summed E-state index contributed by atoms with van der Waals surface area (Å²) < 4.78 is 0. The molecule has 0 saturated heterocycles. The highest BCUT2D eigenvalue weighted by Crippen LogP contribution is 2.43. The van der Waals surface area contributed by atoms with Gasteiger partial charge in [-0.05, 0) is 48.4 Å². The van der Waals surface area contributed by atoms with Crippen LogP contribution in [0.2, 0.25) is 0 Å². The molecular weight excluding hydrogens is 254 g/mol. The third kappa shape index (κ3) is 2.17. The zero-order valence-electron chi connectivity index (χ0n) is 12.4. The van der Waals surface area contributed by atoms with Gasteiger partial charge in [-0.2, -0.15) is 5.26 Å². The third-order valence-electron chi connectivity index (χ3n) is 4.38. The molecule has 0 amide bonds. The molecule has 21 heavy (non-hydrogen) atoms. The molecule has 0 atom stereocenters. The molecule has 3 rings (SSSR count). The van der Waals surface area contributed by atoms with E-state index in [0.29, 0.717) is 6.42 Å². The molecule has 0 bridgehead atoms. The normalized spacial score (nSPS) is 15.2. The maximum Gasteiger partial charge on any atom is 0.111 e.